The molecule has 1 aromatic heterocycles. The fourth-order valence-electron chi connectivity index (χ4n) is 1.39. The zero-order valence-electron chi connectivity index (χ0n) is 9.51. The molecule has 0 amide bonds. The third-order valence-corrected chi connectivity index (χ3v) is 2.92. The number of alkyl halides is 1. The van der Waals surface area contributed by atoms with E-state index in [-0.39, 0.29) is 11.5 Å². The second kappa shape index (κ2) is 5.87. The minimum atomic E-state index is -0.611. The van der Waals surface area contributed by atoms with E-state index in [1.807, 2.05) is 0 Å². The second-order valence-electron chi connectivity index (χ2n) is 3.55. The molecule has 1 N–H and O–H groups in total. The zero-order valence-corrected chi connectivity index (χ0v) is 11.7. The number of hydrogen-bond acceptors (Lipinski definition) is 5. The van der Waals surface area contributed by atoms with Gasteiger partial charge < -0.3 is 5.32 Å². The molecule has 0 radical (unpaired) electrons. The monoisotopic (exact) mass is 374 g/mol. The predicted octanol–water partition coefficient (Wildman–Crippen LogP) is 3.20. The van der Waals surface area contributed by atoms with E-state index in [1.165, 1.54) is 18.2 Å². The lowest BCUT2D eigenvalue weighted by Gasteiger charge is -2.07. The second-order valence-corrected chi connectivity index (χ2v) is 4.31. The van der Waals surface area contributed by atoms with Crippen molar-refractivity contribution < 1.29 is 9.31 Å². The largest absolute Gasteiger partial charge is 0.337 e. The average molecular weight is 374 g/mol. The maximum absolute atomic E-state index is 13.5. The van der Waals surface area contributed by atoms with Gasteiger partial charge in [0, 0.05) is 17.8 Å². The first-order valence-corrected chi connectivity index (χ1v) is 6.71. The number of hydrogen-bond donors (Lipinski definition) is 1. The Morgan fingerprint density at radius 2 is 2.26 bits per heavy atom. The molecule has 19 heavy (non-hydrogen) atoms. The Kier molecular flexibility index (Phi) is 4.20. The molecule has 2 aromatic rings. The predicted molar refractivity (Wildman–Crippen MR) is 76.1 cm³/mol. The normalized spacial score (nSPS) is 10.2. The van der Waals surface area contributed by atoms with E-state index < -0.39 is 10.7 Å². The molecule has 0 fully saturated rings. The van der Waals surface area contributed by atoms with Crippen molar-refractivity contribution in [2.24, 2.45) is 0 Å². The Morgan fingerprint density at radius 1 is 1.47 bits per heavy atom. The molecule has 0 atom stereocenters. The molecule has 6 nitrogen and oxygen atoms in total. The van der Waals surface area contributed by atoms with Crippen molar-refractivity contribution in [3.05, 3.63) is 52.2 Å². The van der Waals surface area contributed by atoms with Gasteiger partial charge in [-0.25, -0.2) is 14.4 Å². The standard InChI is InChI=1S/C11H8FIN4O2/c12-9-6-14-10(5-13)16-11(9)15-7-2-1-3-8(4-7)17(18)19/h1-4,6H,5H2,(H,14,15,16). The minimum absolute atomic E-state index is 0.00200. The molecular formula is C11H8FIN4O2. The molecule has 1 heterocycles. The number of anilines is 2. The number of aromatic nitrogens is 2. The third kappa shape index (κ3) is 3.34. The maximum atomic E-state index is 13.5. The highest BCUT2D eigenvalue weighted by Gasteiger charge is 2.09. The Balaban J connectivity index is 2.30. The third-order valence-electron chi connectivity index (χ3n) is 2.23. The van der Waals surface area contributed by atoms with Crippen molar-refractivity contribution in [3.8, 4) is 0 Å². The number of halogens is 2. The van der Waals surface area contributed by atoms with E-state index in [0.29, 0.717) is 15.9 Å². The molecule has 8 heteroatoms. The van der Waals surface area contributed by atoms with Gasteiger partial charge in [-0.2, -0.15) is 0 Å². The minimum Gasteiger partial charge on any atom is -0.337 e. The van der Waals surface area contributed by atoms with Crippen LogP contribution in [0.1, 0.15) is 5.82 Å². The van der Waals surface area contributed by atoms with Crippen LogP contribution < -0.4 is 5.32 Å². The lowest BCUT2D eigenvalue weighted by molar-refractivity contribution is -0.384. The van der Waals surface area contributed by atoms with Crippen molar-refractivity contribution in [2.45, 2.75) is 4.43 Å². The lowest BCUT2D eigenvalue weighted by Crippen LogP contribution is -2.02. The Morgan fingerprint density at radius 3 is 2.95 bits per heavy atom. The zero-order chi connectivity index (χ0) is 13.8. The number of nitrogens with one attached hydrogen (secondary N) is 1. The Bertz CT molecular complexity index is 623. The summed E-state index contributed by atoms with van der Waals surface area (Å²) in [6, 6.07) is 5.78. The van der Waals surface area contributed by atoms with Crippen molar-refractivity contribution in [3.63, 3.8) is 0 Å². The quantitative estimate of drug-likeness (QED) is 0.385. The first kappa shape index (κ1) is 13.6. The summed E-state index contributed by atoms with van der Waals surface area (Å²) in [6.45, 7) is 0. The van der Waals surface area contributed by atoms with Crippen molar-refractivity contribution in [1.82, 2.24) is 9.97 Å². The molecule has 0 saturated carbocycles. The van der Waals surface area contributed by atoms with E-state index in [4.69, 9.17) is 0 Å². The van der Waals surface area contributed by atoms with Crippen LogP contribution in [0, 0.1) is 15.9 Å². The molecule has 0 aliphatic heterocycles. The number of rotatable bonds is 4. The summed E-state index contributed by atoms with van der Waals surface area (Å²) in [5.74, 6) is -0.128. The van der Waals surface area contributed by atoms with E-state index in [1.54, 1.807) is 6.07 Å². The molecule has 0 spiro atoms. The highest BCUT2D eigenvalue weighted by molar-refractivity contribution is 14.1. The van der Waals surface area contributed by atoms with Gasteiger partial charge in [0.2, 0.25) is 0 Å². The molecule has 98 valence electrons. The summed E-state index contributed by atoms with van der Waals surface area (Å²) < 4.78 is 14.1. The van der Waals surface area contributed by atoms with Crippen LogP contribution in [0.15, 0.2) is 30.5 Å². The fraction of sp³-hybridized carbons (Fsp3) is 0.0909. The molecular weight excluding hydrogens is 366 g/mol. The molecule has 0 aliphatic rings. The van der Waals surface area contributed by atoms with Gasteiger partial charge in [-0.15, -0.1) is 0 Å². The molecule has 2 rings (SSSR count). The number of non-ortho nitro benzene ring substituents is 1. The van der Waals surface area contributed by atoms with Crippen LogP contribution in [-0.2, 0) is 4.43 Å². The van der Waals surface area contributed by atoms with Gasteiger partial charge in [0.1, 0.15) is 5.82 Å². The van der Waals surface area contributed by atoms with E-state index >= 15 is 0 Å². The smallest absolute Gasteiger partial charge is 0.271 e. The van der Waals surface area contributed by atoms with Crippen LogP contribution in [0.3, 0.4) is 0 Å². The van der Waals surface area contributed by atoms with Crippen LogP contribution in [0.5, 0.6) is 0 Å². The van der Waals surface area contributed by atoms with Crippen LogP contribution >= 0.6 is 22.6 Å². The van der Waals surface area contributed by atoms with Gasteiger partial charge in [0.15, 0.2) is 11.6 Å². The van der Waals surface area contributed by atoms with Gasteiger partial charge in [0.05, 0.1) is 15.5 Å². The number of nitro benzene ring substituents is 1. The summed E-state index contributed by atoms with van der Waals surface area (Å²) in [6.07, 6.45) is 1.07. The van der Waals surface area contributed by atoms with E-state index in [2.05, 4.69) is 37.9 Å². The lowest BCUT2D eigenvalue weighted by atomic mass is 10.3. The highest BCUT2D eigenvalue weighted by atomic mass is 127. The van der Waals surface area contributed by atoms with Crippen LogP contribution in [-0.4, -0.2) is 14.9 Å². The molecule has 0 aliphatic carbocycles. The van der Waals surface area contributed by atoms with Crippen molar-refractivity contribution >= 4 is 39.8 Å². The number of benzene rings is 1. The topological polar surface area (TPSA) is 81.0 Å². The number of nitrogens with zero attached hydrogens (tertiary/aromatic N) is 3. The summed E-state index contributed by atoms with van der Waals surface area (Å²) >= 11 is 2.06. The summed E-state index contributed by atoms with van der Waals surface area (Å²) in [5, 5.41) is 13.4. The Labute approximate surface area is 121 Å². The SMILES string of the molecule is O=[N+]([O-])c1cccc(Nc2nc(CI)ncc2F)c1. The summed E-state index contributed by atoms with van der Waals surface area (Å²) in [5.41, 5.74) is 0.319. The van der Waals surface area contributed by atoms with Gasteiger partial charge >= 0.3 is 0 Å². The first-order chi connectivity index (χ1) is 9.10. The van der Waals surface area contributed by atoms with Crippen LogP contribution in [0.25, 0.3) is 0 Å². The summed E-state index contributed by atoms with van der Waals surface area (Å²) in [7, 11) is 0. The van der Waals surface area contributed by atoms with E-state index in [0.717, 1.165) is 6.20 Å². The molecule has 0 saturated heterocycles. The fourth-order valence-corrected chi connectivity index (χ4v) is 1.76. The van der Waals surface area contributed by atoms with E-state index in [9.17, 15) is 14.5 Å². The molecule has 0 unspecified atom stereocenters. The van der Waals surface area contributed by atoms with Crippen molar-refractivity contribution in [1.29, 1.82) is 0 Å². The maximum Gasteiger partial charge on any atom is 0.271 e. The van der Waals surface area contributed by atoms with Gasteiger partial charge in [-0.1, -0.05) is 28.7 Å². The van der Waals surface area contributed by atoms with Gasteiger partial charge in [-0.05, 0) is 6.07 Å². The summed E-state index contributed by atoms with van der Waals surface area (Å²) in [4.78, 5) is 17.9. The number of nitro groups is 1. The van der Waals surface area contributed by atoms with Crippen molar-refractivity contribution in [2.75, 3.05) is 5.32 Å². The van der Waals surface area contributed by atoms with Crippen LogP contribution in [0.4, 0.5) is 21.6 Å². The molecule has 0 bridgehead atoms. The average Bonchev–Trinajstić information content (AvgIpc) is 2.41. The highest BCUT2D eigenvalue weighted by Crippen LogP contribution is 2.22. The van der Waals surface area contributed by atoms with Gasteiger partial charge in [0.25, 0.3) is 5.69 Å². The van der Waals surface area contributed by atoms with Crippen LogP contribution in [0.2, 0.25) is 0 Å². The Hall–Kier alpha value is -1.84. The first-order valence-electron chi connectivity index (χ1n) is 5.19. The molecule has 1 aromatic carbocycles. The van der Waals surface area contributed by atoms with Gasteiger partial charge in [-0.3, -0.25) is 10.1 Å².